The molecule has 2 heterocycles. The fourth-order valence-corrected chi connectivity index (χ4v) is 4.37. The number of nitrogens with one attached hydrogen (secondary N) is 1. The summed E-state index contributed by atoms with van der Waals surface area (Å²) in [5.41, 5.74) is 5.91. The van der Waals surface area contributed by atoms with Crippen molar-refractivity contribution in [2.45, 2.75) is 53.9 Å². The van der Waals surface area contributed by atoms with E-state index in [0.29, 0.717) is 17.4 Å². The lowest BCUT2D eigenvalue weighted by Crippen LogP contribution is -2.23. The topological polar surface area (TPSA) is 78.3 Å². The second kappa shape index (κ2) is 9.64. The Labute approximate surface area is 212 Å². The molecule has 0 aliphatic rings. The van der Waals surface area contributed by atoms with Crippen LogP contribution in [0.3, 0.4) is 0 Å². The maximum atomic E-state index is 12.9. The number of rotatable bonds is 6. The van der Waals surface area contributed by atoms with E-state index in [4.69, 9.17) is 14.5 Å². The number of benzene rings is 2. The number of carbonyl (C=O) groups is 1. The SMILES string of the molecule is COc1ccc(OCC(=O)Nc2cc(C)nn2-c2cc(C)c3cc(C)cc(C)c3n2)c(C(C)(C)C)c1. The van der Waals surface area contributed by atoms with Crippen molar-refractivity contribution in [2.75, 3.05) is 19.0 Å². The normalized spacial score (nSPS) is 11.6. The third kappa shape index (κ3) is 5.20. The highest BCUT2D eigenvalue weighted by molar-refractivity contribution is 5.91. The van der Waals surface area contributed by atoms with Crippen molar-refractivity contribution < 1.29 is 14.3 Å². The van der Waals surface area contributed by atoms with Gasteiger partial charge in [-0.15, -0.1) is 0 Å². The minimum atomic E-state index is -0.281. The van der Waals surface area contributed by atoms with Crippen molar-refractivity contribution in [2.24, 2.45) is 0 Å². The molecule has 0 atom stereocenters. The molecule has 0 bridgehead atoms. The van der Waals surface area contributed by atoms with Gasteiger partial charge in [-0.25, -0.2) is 4.98 Å². The fraction of sp³-hybridized carbons (Fsp3) is 0.345. The van der Waals surface area contributed by atoms with Crippen molar-refractivity contribution in [1.29, 1.82) is 0 Å². The van der Waals surface area contributed by atoms with Gasteiger partial charge in [0.25, 0.3) is 5.91 Å². The molecule has 36 heavy (non-hydrogen) atoms. The Hall–Kier alpha value is -3.87. The standard InChI is InChI=1S/C29H34N4O3/c1-17-11-19(3)28-22(12-17)18(2)13-25(31-28)33-26(14-20(4)32-33)30-27(34)16-36-24-10-9-21(35-8)15-23(24)29(5,6)7/h9-15H,16H2,1-8H3,(H,30,34). The van der Waals surface area contributed by atoms with Crippen LogP contribution in [0.5, 0.6) is 11.5 Å². The molecule has 2 aromatic heterocycles. The molecule has 0 radical (unpaired) electrons. The molecule has 0 aliphatic carbocycles. The molecule has 0 unspecified atom stereocenters. The van der Waals surface area contributed by atoms with Crippen molar-refractivity contribution >= 4 is 22.6 Å². The smallest absolute Gasteiger partial charge is 0.263 e. The average molecular weight is 487 g/mol. The van der Waals surface area contributed by atoms with Crippen LogP contribution in [0.4, 0.5) is 5.82 Å². The predicted molar refractivity (Wildman–Crippen MR) is 144 cm³/mol. The molecule has 0 fully saturated rings. The van der Waals surface area contributed by atoms with Crippen LogP contribution in [0.15, 0.2) is 42.5 Å². The zero-order valence-corrected chi connectivity index (χ0v) is 22.3. The second-order valence-corrected chi connectivity index (χ2v) is 10.3. The van der Waals surface area contributed by atoms with Gasteiger partial charge >= 0.3 is 0 Å². The highest BCUT2D eigenvalue weighted by Gasteiger charge is 2.21. The van der Waals surface area contributed by atoms with Gasteiger partial charge in [-0.3, -0.25) is 4.79 Å². The van der Waals surface area contributed by atoms with E-state index in [2.05, 4.69) is 64.1 Å². The lowest BCUT2D eigenvalue weighted by molar-refractivity contribution is -0.118. The van der Waals surface area contributed by atoms with Crippen molar-refractivity contribution in [1.82, 2.24) is 14.8 Å². The van der Waals surface area contributed by atoms with E-state index in [-0.39, 0.29) is 17.9 Å². The second-order valence-electron chi connectivity index (χ2n) is 10.3. The van der Waals surface area contributed by atoms with Crippen LogP contribution in [0.25, 0.3) is 16.7 Å². The quantitative estimate of drug-likeness (QED) is 0.363. The molecule has 0 saturated heterocycles. The van der Waals surface area contributed by atoms with Gasteiger partial charge in [-0.2, -0.15) is 9.78 Å². The molecule has 2 aromatic carbocycles. The number of fused-ring (bicyclic) bond motifs is 1. The third-order valence-electron chi connectivity index (χ3n) is 6.11. The summed E-state index contributed by atoms with van der Waals surface area (Å²) < 4.78 is 13.0. The Balaban J connectivity index is 1.58. The van der Waals surface area contributed by atoms with Crippen LogP contribution < -0.4 is 14.8 Å². The molecule has 0 spiro atoms. The summed E-state index contributed by atoms with van der Waals surface area (Å²) in [5.74, 6) is 2.32. The van der Waals surface area contributed by atoms with E-state index < -0.39 is 0 Å². The van der Waals surface area contributed by atoms with E-state index in [1.165, 1.54) is 5.56 Å². The Morgan fingerprint density at radius 2 is 1.75 bits per heavy atom. The van der Waals surface area contributed by atoms with Crippen LogP contribution in [0.1, 0.15) is 48.7 Å². The Bertz CT molecular complexity index is 1450. The fourth-order valence-electron chi connectivity index (χ4n) is 4.37. The number of hydrogen-bond acceptors (Lipinski definition) is 5. The van der Waals surface area contributed by atoms with Gasteiger partial charge in [0.1, 0.15) is 17.3 Å². The van der Waals surface area contributed by atoms with E-state index in [1.54, 1.807) is 11.8 Å². The number of carbonyl (C=O) groups excluding carboxylic acids is 1. The van der Waals surface area contributed by atoms with Gasteiger partial charge in [-0.1, -0.05) is 32.4 Å². The first-order valence-corrected chi connectivity index (χ1v) is 12.0. The Morgan fingerprint density at radius 3 is 2.44 bits per heavy atom. The zero-order valence-electron chi connectivity index (χ0n) is 22.3. The molecule has 0 saturated carbocycles. The molecule has 1 N–H and O–H groups in total. The number of hydrogen-bond donors (Lipinski definition) is 1. The van der Waals surface area contributed by atoms with Crippen LogP contribution in [0.2, 0.25) is 0 Å². The number of pyridine rings is 1. The van der Waals surface area contributed by atoms with Crippen LogP contribution in [-0.4, -0.2) is 34.4 Å². The molecule has 0 aliphatic heterocycles. The lowest BCUT2D eigenvalue weighted by Gasteiger charge is -2.23. The molecule has 188 valence electrons. The molecular weight excluding hydrogens is 452 g/mol. The highest BCUT2D eigenvalue weighted by atomic mass is 16.5. The third-order valence-corrected chi connectivity index (χ3v) is 6.11. The van der Waals surface area contributed by atoms with Crippen molar-refractivity contribution in [3.63, 3.8) is 0 Å². The number of aromatic nitrogens is 3. The maximum absolute atomic E-state index is 12.9. The Morgan fingerprint density at radius 1 is 1.00 bits per heavy atom. The summed E-state index contributed by atoms with van der Waals surface area (Å²) in [4.78, 5) is 17.8. The summed E-state index contributed by atoms with van der Waals surface area (Å²) in [6.07, 6.45) is 0. The first-order valence-electron chi connectivity index (χ1n) is 12.0. The van der Waals surface area contributed by atoms with Gasteiger partial charge in [0.15, 0.2) is 12.4 Å². The molecular formula is C29H34N4O3. The van der Waals surface area contributed by atoms with Crippen LogP contribution in [0, 0.1) is 27.7 Å². The van der Waals surface area contributed by atoms with Crippen molar-refractivity contribution in [3.05, 3.63) is 70.4 Å². The monoisotopic (exact) mass is 486 g/mol. The maximum Gasteiger partial charge on any atom is 0.263 e. The van der Waals surface area contributed by atoms with E-state index in [9.17, 15) is 4.79 Å². The summed E-state index contributed by atoms with van der Waals surface area (Å²) in [6, 6.07) is 13.7. The zero-order chi connectivity index (χ0) is 26.2. The number of aryl methyl sites for hydroxylation is 4. The minimum Gasteiger partial charge on any atom is -0.497 e. The summed E-state index contributed by atoms with van der Waals surface area (Å²) in [7, 11) is 1.63. The molecule has 4 rings (SSSR count). The molecule has 7 heteroatoms. The van der Waals surface area contributed by atoms with Crippen LogP contribution in [-0.2, 0) is 10.2 Å². The van der Waals surface area contributed by atoms with E-state index in [1.807, 2.05) is 37.3 Å². The Kier molecular flexibility index (Phi) is 6.76. The van der Waals surface area contributed by atoms with Gasteiger partial charge in [0.2, 0.25) is 0 Å². The largest absolute Gasteiger partial charge is 0.497 e. The average Bonchev–Trinajstić information content (AvgIpc) is 3.17. The van der Waals surface area contributed by atoms with Gasteiger partial charge in [-0.05, 0) is 74.6 Å². The number of methoxy groups -OCH3 is 1. The first-order chi connectivity index (χ1) is 17.0. The molecule has 7 nitrogen and oxygen atoms in total. The van der Waals surface area contributed by atoms with Crippen molar-refractivity contribution in [3.8, 4) is 17.3 Å². The highest BCUT2D eigenvalue weighted by Crippen LogP contribution is 2.34. The summed E-state index contributed by atoms with van der Waals surface area (Å²) in [6.45, 7) is 14.2. The van der Waals surface area contributed by atoms with E-state index in [0.717, 1.165) is 39.0 Å². The lowest BCUT2D eigenvalue weighted by atomic mass is 9.86. The number of anilines is 1. The number of ether oxygens (including phenoxy) is 2. The van der Waals surface area contributed by atoms with E-state index >= 15 is 0 Å². The molecule has 1 amide bonds. The number of amides is 1. The van der Waals surface area contributed by atoms with Gasteiger partial charge in [0, 0.05) is 17.0 Å². The summed E-state index contributed by atoms with van der Waals surface area (Å²) >= 11 is 0. The summed E-state index contributed by atoms with van der Waals surface area (Å²) in [5, 5.41) is 8.66. The number of nitrogens with zero attached hydrogens (tertiary/aromatic N) is 3. The van der Waals surface area contributed by atoms with Gasteiger partial charge in [0.05, 0.1) is 18.3 Å². The minimum absolute atomic E-state index is 0.137. The van der Waals surface area contributed by atoms with Crippen LogP contribution >= 0.6 is 0 Å². The molecule has 4 aromatic rings. The van der Waals surface area contributed by atoms with Gasteiger partial charge < -0.3 is 14.8 Å². The predicted octanol–water partition coefficient (Wildman–Crippen LogP) is 5.98. The first kappa shape index (κ1) is 25.2.